The minimum Gasteiger partial charge on any atom is -0.481 e. The first-order valence-corrected chi connectivity index (χ1v) is 6.35. The summed E-state index contributed by atoms with van der Waals surface area (Å²) in [6.07, 6.45) is 1.75. The Hall–Kier alpha value is -1.88. The molecule has 19 heavy (non-hydrogen) atoms. The molecule has 0 amide bonds. The van der Waals surface area contributed by atoms with Gasteiger partial charge in [-0.15, -0.1) is 0 Å². The van der Waals surface area contributed by atoms with Crippen LogP contribution in [0.2, 0.25) is 0 Å². The summed E-state index contributed by atoms with van der Waals surface area (Å²) in [5.41, 5.74) is 2.56. The Bertz CT molecular complexity index is 498. The third kappa shape index (κ3) is 3.54. The van der Waals surface area contributed by atoms with E-state index in [-0.39, 0.29) is 6.42 Å². The summed E-state index contributed by atoms with van der Waals surface area (Å²) in [6, 6.07) is 5.24. The molecule has 2 rings (SSSR count). The molecule has 102 valence electrons. The van der Waals surface area contributed by atoms with Crippen LogP contribution in [0.3, 0.4) is 0 Å². The second-order valence-corrected chi connectivity index (χ2v) is 4.85. The number of hydrogen-bond donors (Lipinski definition) is 2. The fourth-order valence-corrected chi connectivity index (χ4v) is 2.37. The van der Waals surface area contributed by atoms with Crippen LogP contribution < -0.4 is 0 Å². The van der Waals surface area contributed by atoms with Crippen molar-refractivity contribution in [1.29, 1.82) is 0 Å². The molecule has 1 aromatic carbocycles. The molecule has 0 spiro atoms. The fraction of sp³-hybridized carbons (Fsp3) is 0.429. The molecule has 0 radical (unpaired) electrons. The molecule has 0 fully saturated rings. The summed E-state index contributed by atoms with van der Waals surface area (Å²) in [5, 5.41) is 17.5. The van der Waals surface area contributed by atoms with Crippen LogP contribution >= 0.6 is 0 Å². The average molecular weight is 263 g/mol. The molecule has 0 aromatic heterocycles. The Morgan fingerprint density at radius 3 is 2.53 bits per heavy atom. The van der Waals surface area contributed by atoms with Crippen LogP contribution in [0.1, 0.15) is 40.7 Å². The van der Waals surface area contributed by atoms with E-state index in [1.807, 2.05) is 6.07 Å². The number of fused-ring (bicyclic) bond motifs is 1. The maximum atomic E-state index is 10.9. The molecule has 5 heteroatoms. The van der Waals surface area contributed by atoms with Gasteiger partial charge in [-0.25, -0.2) is 4.79 Å². The van der Waals surface area contributed by atoms with Crippen LogP contribution in [0.25, 0.3) is 0 Å². The van der Waals surface area contributed by atoms with Gasteiger partial charge in [-0.1, -0.05) is 6.07 Å². The zero-order valence-corrected chi connectivity index (χ0v) is 10.6. The molecule has 5 nitrogen and oxygen atoms in total. The molecule has 0 bridgehead atoms. The maximum Gasteiger partial charge on any atom is 0.335 e. The highest BCUT2D eigenvalue weighted by Crippen LogP contribution is 2.24. The first-order valence-electron chi connectivity index (χ1n) is 6.35. The van der Waals surface area contributed by atoms with Crippen LogP contribution in [0.4, 0.5) is 0 Å². The van der Waals surface area contributed by atoms with Gasteiger partial charge < -0.3 is 10.2 Å². The van der Waals surface area contributed by atoms with Crippen molar-refractivity contribution in [1.82, 2.24) is 4.90 Å². The topological polar surface area (TPSA) is 77.8 Å². The zero-order chi connectivity index (χ0) is 13.8. The highest BCUT2D eigenvalue weighted by Gasteiger charge is 2.19. The summed E-state index contributed by atoms with van der Waals surface area (Å²) in [7, 11) is 0. The van der Waals surface area contributed by atoms with E-state index >= 15 is 0 Å². The lowest BCUT2D eigenvalue weighted by Crippen LogP contribution is -2.17. The fourth-order valence-electron chi connectivity index (χ4n) is 2.37. The molecule has 1 aliphatic rings. The van der Waals surface area contributed by atoms with E-state index in [4.69, 9.17) is 10.2 Å². The monoisotopic (exact) mass is 263 g/mol. The minimum absolute atomic E-state index is 0.212. The molecular formula is C14H17NO4. The summed E-state index contributed by atoms with van der Waals surface area (Å²) in [4.78, 5) is 23.5. The summed E-state index contributed by atoms with van der Waals surface area (Å²) < 4.78 is 0. The number of carbonyl (C=O) groups is 2. The Morgan fingerprint density at radius 1 is 1.11 bits per heavy atom. The van der Waals surface area contributed by atoms with Crippen molar-refractivity contribution < 1.29 is 19.8 Å². The van der Waals surface area contributed by atoms with Crippen LogP contribution in [-0.4, -0.2) is 33.6 Å². The number of hydrogen-bond acceptors (Lipinski definition) is 3. The lowest BCUT2D eigenvalue weighted by molar-refractivity contribution is -0.137. The van der Waals surface area contributed by atoms with E-state index in [0.717, 1.165) is 31.6 Å². The van der Waals surface area contributed by atoms with Crippen molar-refractivity contribution >= 4 is 11.9 Å². The van der Waals surface area contributed by atoms with Gasteiger partial charge in [-0.3, -0.25) is 9.69 Å². The number of aromatic carboxylic acids is 1. The standard InChI is InChI=1S/C14H17NO4/c16-13(17)3-1-2-6-15-8-11-5-4-10(14(18)19)7-12(11)9-15/h4-5,7H,1-3,6,8-9H2,(H,16,17)(H,18,19). The average Bonchev–Trinajstić information content (AvgIpc) is 2.75. The molecule has 0 atom stereocenters. The van der Waals surface area contributed by atoms with E-state index in [1.165, 1.54) is 5.56 Å². The Morgan fingerprint density at radius 2 is 1.84 bits per heavy atom. The number of carboxylic acids is 2. The normalized spacial score (nSPS) is 14.3. The Balaban J connectivity index is 1.86. The molecule has 1 aliphatic heterocycles. The van der Waals surface area contributed by atoms with Gasteiger partial charge in [0.1, 0.15) is 0 Å². The van der Waals surface area contributed by atoms with Crippen LogP contribution in [0.15, 0.2) is 18.2 Å². The molecule has 0 aliphatic carbocycles. The maximum absolute atomic E-state index is 10.9. The van der Waals surface area contributed by atoms with Gasteiger partial charge in [0.05, 0.1) is 5.56 Å². The number of aliphatic carboxylic acids is 1. The Kier molecular flexibility index (Phi) is 4.16. The lowest BCUT2D eigenvalue weighted by Gasteiger charge is -2.13. The summed E-state index contributed by atoms with van der Waals surface area (Å²) in [6.45, 7) is 2.43. The van der Waals surface area contributed by atoms with Crippen molar-refractivity contribution in [2.24, 2.45) is 0 Å². The third-order valence-electron chi connectivity index (χ3n) is 3.36. The third-order valence-corrected chi connectivity index (χ3v) is 3.36. The second kappa shape index (κ2) is 5.84. The van der Waals surface area contributed by atoms with Crippen LogP contribution in [-0.2, 0) is 17.9 Å². The van der Waals surface area contributed by atoms with Crippen molar-refractivity contribution in [2.45, 2.75) is 32.4 Å². The number of rotatable bonds is 6. The van der Waals surface area contributed by atoms with Crippen molar-refractivity contribution in [3.8, 4) is 0 Å². The SMILES string of the molecule is O=C(O)CCCCN1Cc2ccc(C(=O)O)cc2C1. The number of unbranched alkanes of at least 4 members (excludes halogenated alkanes) is 1. The van der Waals surface area contributed by atoms with Gasteiger partial charge in [-0.05, 0) is 42.6 Å². The van der Waals surface area contributed by atoms with E-state index in [0.29, 0.717) is 12.0 Å². The van der Waals surface area contributed by atoms with E-state index in [2.05, 4.69) is 4.90 Å². The quantitative estimate of drug-likeness (QED) is 0.767. The van der Waals surface area contributed by atoms with E-state index < -0.39 is 11.9 Å². The highest BCUT2D eigenvalue weighted by atomic mass is 16.4. The molecule has 2 N–H and O–H groups in total. The van der Waals surface area contributed by atoms with Crippen LogP contribution in [0.5, 0.6) is 0 Å². The second-order valence-electron chi connectivity index (χ2n) is 4.85. The predicted octanol–water partition coefficient (Wildman–Crippen LogP) is 1.96. The first kappa shape index (κ1) is 13.5. The van der Waals surface area contributed by atoms with Crippen molar-refractivity contribution in [2.75, 3.05) is 6.54 Å². The first-order chi connectivity index (χ1) is 9.06. The smallest absolute Gasteiger partial charge is 0.335 e. The van der Waals surface area contributed by atoms with Gasteiger partial charge >= 0.3 is 11.9 Å². The predicted molar refractivity (Wildman–Crippen MR) is 69.0 cm³/mol. The van der Waals surface area contributed by atoms with Gasteiger partial charge in [0, 0.05) is 19.5 Å². The molecule has 0 saturated heterocycles. The van der Waals surface area contributed by atoms with Crippen molar-refractivity contribution in [3.63, 3.8) is 0 Å². The summed E-state index contributed by atoms with van der Waals surface area (Å²) >= 11 is 0. The van der Waals surface area contributed by atoms with E-state index in [9.17, 15) is 9.59 Å². The van der Waals surface area contributed by atoms with Gasteiger partial charge in [0.15, 0.2) is 0 Å². The van der Waals surface area contributed by atoms with Crippen LogP contribution in [0, 0.1) is 0 Å². The number of carboxylic acid groups (broad SMARTS) is 2. The molecule has 1 aromatic rings. The van der Waals surface area contributed by atoms with E-state index in [1.54, 1.807) is 12.1 Å². The van der Waals surface area contributed by atoms with Gasteiger partial charge in [-0.2, -0.15) is 0 Å². The molecule has 1 heterocycles. The van der Waals surface area contributed by atoms with Crippen molar-refractivity contribution in [3.05, 3.63) is 34.9 Å². The Labute approximate surface area is 111 Å². The molecule has 0 saturated carbocycles. The van der Waals surface area contributed by atoms with Gasteiger partial charge in [0.25, 0.3) is 0 Å². The lowest BCUT2D eigenvalue weighted by atomic mass is 10.1. The highest BCUT2D eigenvalue weighted by molar-refractivity contribution is 5.87. The van der Waals surface area contributed by atoms with Gasteiger partial charge in [0.2, 0.25) is 0 Å². The number of nitrogens with zero attached hydrogens (tertiary/aromatic N) is 1. The number of benzene rings is 1. The zero-order valence-electron chi connectivity index (χ0n) is 10.6. The largest absolute Gasteiger partial charge is 0.481 e. The summed E-state index contributed by atoms with van der Waals surface area (Å²) in [5.74, 6) is -1.65. The molecular weight excluding hydrogens is 246 g/mol. The molecule has 0 unspecified atom stereocenters. The minimum atomic E-state index is -0.900.